The van der Waals surface area contributed by atoms with E-state index in [1.165, 1.54) is 43.7 Å². The summed E-state index contributed by atoms with van der Waals surface area (Å²) in [5, 5.41) is 0. The summed E-state index contributed by atoms with van der Waals surface area (Å²) < 4.78 is 54.9. The molecular formula is C24H22F3NO5. The molecule has 0 radical (unpaired) electrons. The highest BCUT2D eigenvalue weighted by molar-refractivity contribution is 6.00. The first-order chi connectivity index (χ1) is 15.7. The van der Waals surface area contributed by atoms with Crippen LogP contribution >= 0.6 is 0 Å². The van der Waals surface area contributed by atoms with Crippen molar-refractivity contribution < 1.29 is 37.0 Å². The molecule has 2 aromatic rings. The van der Waals surface area contributed by atoms with E-state index in [9.17, 15) is 22.8 Å². The van der Waals surface area contributed by atoms with E-state index in [1.807, 2.05) is 6.92 Å². The Labute approximate surface area is 188 Å². The molecule has 3 rings (SSSR count). The number of ether oxygens (including phenoxy) is 3. The average molecular weight is 461 g/mol. The van der Waals surface area contributed by atoms with Gasteiger partial charge in [0.05, 0.1) is 43.5 Å². The number of rotatable bonds is 6. The monoisotopic (exact) mass is 461 g/mol. The third-order valence-corrected chi connectivity index (χ3v) is 5.02. The maximum absolute atomic E-state index is 13.2. The minimum Gasteiger partial charge on any atom is -0.494 e. The van der Waals surface area contributed by atoms with Crippen LogP contribution in [0.4, 0.5) is 18.9 Å². The first-order valence-electron chi connectivity index (χ1n) is 9.98. The molecule has 0 fully saturated rings. The van der Waals surface area contributed by atoms with Crippen LogP contribution in [0.15, 0.2) is 72.1 Å². The van der Waals surface area contributed by atoms with Crippen molar-refractivity contribution in [2.75, 3.05) is 25.7 Å². The highest BCUT2D eigenvalue weighted by Crippen LogP contribution is 2.40. The molecule has 0 saturated heterocycles. The number of alkyl halides is 3. The molecule has 0 N–H and O–H groups in total. The number of hydrogen-bond acceptors (Lipinski definition) is 6. The summed E-state index contributed by atoms with van der Waals surface area (Å²) in [7, 11) is 2.37. The van der Waals surface area contributed by atoms with E-state index >= 15 is 0 Å². The molecule has 1 aliphatic rings. The summed E-state index contributed by atoms with van der Waals surface area (Å²) in [6.45, 7) is 2.31. The fourth-order valence-electron chi connectivity index (χ4n) is 3.50. The molecule has 1 aliphatic heterocycles. The Hall–Kier alpha value is -3.75. The van der Waals surface area contributed by atoms with Gasteiger partial charge in [-0.15, -0.1) is 0 Å². The molecule has 0 aromatic heterocycles. The van der Waals surface area contributed by atoms with Gasteiger partial charge in [0.1, 0.15) is 5.75 Å². The van der Waals surface area contributed by atoms with Gasteiger partial charge in [-0.1, -0.05) is 18.2 Å². The zero-order chi connectivity index (χ0) is 24.2. The molecule has 0 spiro atoms. The van der Waals surface area contributed by atoms with E-state index in [0.29, 0.717) is 17.9 Å². The van der Waals surface area contributed by atoms with Crippen molar-refractivity contribution in [2.45, 2.75) is 19.0 Å². The fourth-order valence-corrected chi connectivity index (χ4v) is 3.50. The van der Waals surface area contributed by atoms with Crippen LogP contribution in [0.2, 0.25) is 0 Å². The van der Waals surface area contributed by atoms with Gasteiger partial charge < -0.3 is 19.1 Å². The number of hydrogen-bond donors (Lipinski definition) is 0. The number of carbonyl (C=O) groups excluding carboxylic acids is 2. The molecule has 0 atom stereocenters. The van der Waals surface area contributed by atoms with Crippen molar-refractivity contribution in [1.29, 1.82) is 0 Å². The number of anilines is 1. The predicted octanol–water partition coefficient (Wildman–Crippen LogP) is 4.82. The molecule has 2 aromatic carbocycles. The number of benzene rings is 2. The number of carbonyl (C=O) groups is 2. The summed E-state index contributed by atoms with van der Waals surface area (Å²) in [6, 6.07) is 11.3. The SMILES string of the molecule is CCOc1ccc(C2C(C(=O)OC)=CN(c3cccc(C(F)(F)F)c3)C=C2C(=O)OC)cc1. The zero-order valence-electron chi connectivity index (χ0n) is 18.2. The molecule has 0 bridgehead atoms. The second-order valence-electron chi connectivity index (χ2n) is 7.04. The lowest BCUT2D eigenvalue weighted by Crippen LogP contribution is -2.28. The van der Waals surface area contributed by atoms with Gasteiger partial charge in [-0.25, -0.2) is 9.59 Å². The molecule has 9 heteroatoms. The Kier molecular flexibility index (Phi) is 7.10. The number of methoxy groups -OCH3 is 2. The summed E-state index contributed by atoms with van der Waals surface area (Å²) in [6.07, 6.45) is -1.84. The van der Waals surface area contributed by atoms with Crippen molar-refractivity contribution in [3.05, 3.63) is 83.2 Å². The van der Waals surface area contributed by atoms with Crippen molar-refractivity contribution >= 4 is 17.6 Å². The first kappa shape index (κ1) is 23.9. The Balaban J connectivity index is 2.14. The van der Waals surface area contributed by atoms with E-state index in [-0.39, 0.29) is 16.8 Å². The highest BCUT2D eigenvalue weighted by atomic mass is 19.4. The molecule has 1 heterocycles. The van der Waals surface area contributed by atoms with Crippen LogP contribution in [0.1, 0.15) is 24.0 Å². The normalized spacial score (nSPS) is 14.3. The molecule has 6 nitrogen and oxygen atoms in total. The molecular weight excluding hydrogens is 439 g/mol. The first-order valence-corrected chi connectivity index (χ1v) is 9.98. The van der Waals surface area contributed by atoms with E-state index in [0.717, 1.165) is 12.1 Å². The molecule has 174 valence electrons. The molecule has 33 heavy (non-hydrogen) atoms. The van der Waals surface area contributed by atoms with Crippen LogP contribution < -0.4 is 9.64 Å². The maximum Gasteiger partial charge on any atom is 0.416 e. The van der Waals surface area contributed by atoms with Gasteiger partial charge in [0, 0.05) is 18.1 Å². The van der Waals surface area contributed by atoms with E-state index < -0.39 is 29.6 Å². The maximum atomic E-state index is 13.2. The molecule has 0 saturated carbocycles. The van der Waals surface area contributed by atoms with E-state index in [4.69, 9.17) is 14.2 Å². The predicted molar refractivity (Wildman–Crippen MR) is 114 cm³/mol. The van der Waals surface area contributed by atoms with E-state index in [1.54, 1.807) is 24.3 Å². The highest BCUT2D eigenvalue weighted by Gasteiger charge is 2.36. The van der Waals surface area contributed by atoms with Crippen LogP contribution in [0.5, 0.6) is 5.75 Å². The second kappa shape index (κ2) is 9.81. The lowest BCUT2D eigenvalue weighted by Gasteiger charge is -2.30. The van der Waals surface area contributed by atoms with Gasteiger partial charge in [0.2, 0.25) is 0 Å². The topological polar surface area (TPSA) is 65.1 Å². The number of halogens is 3. The Morgan fingerprint density at radius 1 is 0.939 bits per heavy atom. The van der Waals surface area contributed by atoms with Gasteiger partial charge in [0.25, 0.3) is 0 Å². The average Bonchev–Trinajstić information content (AvgIpc) is 2.82. The Morgan fingerprint density at radius 2 is 1.52 bits per heavy atom. The van der Waals surface area contributed by atoms with Crippen molar-refractivity contribution in [2.24, 2.45) is 0 Å². The minimum absolute atomic E-state index is 0.0574. The lowest BCUT2D eigenvalue weighted by molar-refractivity contribution is -0.138. The summed E-state index contributed by atoms with van der Waals surface area (Å²) in [4.78, 5) is 26.6. The minimum atomic E-state index is -4.56. The molecule has 0 unspecified atom stereocenters. The second-order valence-corrected chi connectivity index (χ2v) is 7.04. The van der Waals surface area contributed by atoms with Crippen LogP contribution in [0.3, 0.4) is 0 Å². The van der Waals surface area contributed by atoms with Crippen LogP contribution in [-0.4, -0.2) is 32.8 Å². The molecule has 0 amide bonds. The van der Waals surface area contributed by atoms with Crippen molar-refractivity contribution in [3.8, 4) is 5.75 Å². The Morgan fingerprint density at radius 3 is 2.00 bits per heavy atom. The fraction of sp³-hybridized carbons (Fsp3) is 0.250. The van der Waals surface area contributed by atoms with Crippen LogP contribution in [0.25, 0.3) is 0 Å². The zero-order valence-corrected chi connectivity index (χ0v) is 18.2. The van der Waals surface area contributed by atoms with Crippen LogP contribution in [-0.2, 0) is 25.2 Å². The summed E-state index contributed by atoms with van der Waals surface area (Å²) >= 11 is 0. The standard InChI is InChI=1S/C24H22F3NO5/c1-4-33-18-10-8-15(9-11-18)21-19(22(29)31-2)13-28(14-20(21)23(30)32-3)17-7-5-6-16(12-17)24(25,26)27/h5-14,21H,4H2,1-3H3. The van der Waals surface area contributed by atoms with Crippen LogP contribution in [0, 0.1) is 0 Å². The Bertz CT molecular complexity index is 1060. The number of esters is 2. The van der Waals surface area contributed by atoms with Crippen molar-refractivity contribution in [1.82, 2.24) is 0 Å². The largest absolute Gasteiger partial charge is 0.494 e. The molecule has 0 aliphatic carbocycles. The smallest absolute Gasteiger partial charge is 0.416 e. The summed E-state index contributed by atoms with van der Waals surface area (Å²) in [5.74, 6) is -1.72. The van der Waals surface area contributed by atoms with Gasteiger partial charge in [0.15, 0.2) is 0 Å². The third-order valence-electron chi connectivity index (χ3n) is 5.02. The third kappa shape index (κ3) is 5.19. The quantitative estimate of drug-likeness (QED) is 0.575. The van der Waals surface area contributed by atoms with E-state index in [2.05, 4.69) is 0 Å². The van der Waals surface area contributed by atoms with Gasteiger partial charge >= 0.3 is 18.1 Å². The van der Waals surface area contributed by atoms with Gasteiger partial charge in [-0.3, -0.25) is 0 Å². The number of nitrogens with zero attached hydrogens (tertiary/aromatic N) is 1. The summed E-state index contributed by atoms with van der Waals surface area (Å²) in [5.41, 5.74) is -0.0631. The van der Waals surface area contributed by atoms with Gasteiger partial charge in [-0.05, 0) is 42.8 Å². The van der Waals surface area contributed by atoms with Gasteiger partial charge in [-0.2, -0.15) is 13.2 Å². The lowest BCUT2D eigenvalue weighted by atomic mass is 9.83. The van der Waals surface area contributed by atoms with Crippen molar-refractivity contribution in [3.63, 3.8) is 0 Å².